The molecule has 3 fully saturated rings. The lowest BCUT2D eigenvalue weighted by atomic mass is 9.79. The van der Waals surface area contributed by atoms with Crippen LogP contribution in [-0.4, -0.2) is 29.9 Å². The molecule has 1 N–H and O–H groups in total. The van der Waals surface area contributed by atoms with Gasteiger partial charge in [-0.05, 0) is 24.5 Å². The molecule has 0 unspecified atom stereocenters. The Morgan fingerprint density at radius 2 is 2.14 bits per heavy atom. The summed E-state index contributed by atoms with van der Waals surface area (Å²) in [7, 11) is 1.57. The molecule has 0 spiro atoms. The number of alkyl halides is 1. The first kappa shape index (κ1) is 14.1. The Morgan fingerprint density at radius 1 is 1.36 bits per heavy atom. The van der Waals surface area contributed by atoms with Crippen molar-refractivity contribution in [3.05, 3.63) is 24.3 Å². The molecule has 1 amide bonds. The van der Waals surface area contributed by atoms with Crippen molar-refractivity contribution in [1.29, 1.82) is 0 Å². The number of esters is 1. The second-order valence-corrected chi connectivity index (χ2v) is 7.21. The van der Waals surface area contributed by atoms with Crippen molar-refractivity contribution in [2.45, 2.75) is 17.4 Å². The van der Waals surface area contributed by atoms with E-state index < -0.39 is 0 Å². The van der Waals surface area contributed by atoms with Crippen LogP contribution in [0.15, 0.2) is 24.3 Å². The Balaban J connectivity index is 1.60. The summed E-state index contributed by atoms with van der Waals surface area (Å²) < 4.78 is 10.7. The van der Waals surface area contributed by atoms with Crippen LogP contribution in [0.25, 0.3) is 0 Å². The van der Waals surface area contributed by atoms with Gasteiger partial charge in [0, 0.05) is 5.92 Å². The Bertz CT molecular complexity index is 649. The maximum atomic E-state index is 12.8. The van der Waals surface area contributed by atoms with Crippen molar-refractivity contribution >= 4 is 33.5 Å². The van der Waals surface area contributed by atoms with Gasteiger partial charge in [0.05, 0.1) is 29.5 Å². The molecule has 6 heteroatoms. The lowest BCUT2D eigenvalue weighted by molar-refractivity contribution is -0.145. The highest BCUT2D eigenvalue weighted by atomic mass is 79.9. The van der Waals surface area contributed by atoms with Crippen LogP contribution < -0.4 is 10.1 Å². The average Bonchev–Trinajstić information content (AvgIpc) is 3.12. The van der Waals surface area contributed by atoms with Crippen molar-refractivity contribution in [3.8, 4) is 5.75 Å². The Kier molecular flexibility index (Phi) is 3.18. The second kappa shape index (κ2) is 4.98. The zero-order valence-electron chi connectivity index (χ0n) is 12.0. The summed E-state index contributed by atoms with van der Waals surface area (Å²) in [5.74, 6) is -0.0230. The minimum absolute atomic E-state index is 0.0576. The number of fused-ring (bicyclic) bond motifs is 1. The average molecular weight is 366 g/mol. The number of carbonyl (C=O) groups is 2. The minimum atomic E-state index is -0.328. The topological polar surface area (TPSA) is 64.6 Å². The van der Waals surface area contributed by atoms with Gasteiger partial charge in [-0.25, -0.2) is 0 Å². The first-order valence-electron chi connectivity index (χ1n) is 7.40. The summed E-state index contributed by atoms with van der Waals surface area (Å²) in [6, 6.07) is 7.28. The van der Waals surface area contributed by atoms with Gasteiger partial charge in [0.15, 0.2) is 0 Å². The van der Waals surface area contributed by atoms with Gasteiger partial charge in [0.1, 0.15) is 11.9 Å². The molecular weight excluding hydrogens is 350 g/mol. The molecule has 2 bridgehead atoms. The third-order valence-corrected chi connectivity index (χ3v) is 6.39. The molecule has 1 heterocycles. The molecule has 0 radical (unpaired) electrons. The van der Waals surface area contributed by atoms with E-state index in [1.807, 2.05) is 12.1 Å². The smallest absolute Gasteiger partial charge is 0.310 e. The van der Waals surface area contributed by atoms with E-state index >= 15 is 0 Å². The Morgan fingerprint density at radius 3 is 2.91 bits per heavy atom. The normalized spacial score (nSPS) is 38.0. The fraction of sp³-hybridized carbons (Fsp3) is 0.500. The van der Waals surface area contributed by atoms with E-state index in [2.05, 4.69) is 21.2 Å². The van der Waals surface area contributed by atoms with Crippen molar-refractivity contribution in [1.82, 2.24) is 0 Å². The van der Waals surface area contributed by atoms with Gasteiger partial charge in [-0.2, -0.15) is 0 Å². The van der Waals surface area contributed by atoms with Gasteiger partial charge < -0.3 is 14.8 Å². The van der Waals surface area contributed by atoms with Gasteiger partial charge in [0.2, 0.25) is 5.91 Å². The van der Waals surface area contributed by atoms with Crippen LogP contribution in [-0.2, 0) is 14.3 Å². The Labute approximate surface area is 136 Å². The molecule has 1 aromatic rings. The molecule has 6 atom stereocenters. The number of hydrogen-bond acceptors (Lipinski definition) is 4. The lowest BCUT2D eigenvalue weighted by Crippen LogP contribution is -2.40. The van der Waals surface area contributed by atoms with E-state index in [1.165, 1.54) is 0 Å². The van der Waals surface area contributed by atoms with Gasteiger partial charge >= 0.3 is 5.97 Å². The van der Waals surface area contributed by atoms with Crippen molar-refractivity contribution in [2.75, 3.05) is 12.4 Å². The molecule has 0 aromatic heterocycles. The number of hydrogen-bond donors (Lipinski definition) is 1. The summed E-state index contributed by atoms with van der Waals surface area (Å²) in [6.07, 6.45) is 0.818. The standard InChI is InChI=1S/C16H16BrNO4/c1-21-10-5-3-2-4-9(10)18-15(19)11-7-6-8-12(11)16(20)22-14(8)13(7)17/h2-5,7-8,11-14H,6H2,1H3,(H,18,19)/t7-,8-,11-,12+,13+,14+/m1/s1. The largest absolute Gasteiger partial charge is 0.495 e. The molecule has 3 aliphatic rings. The Hall–Kier alpha value is -1.56. The number of rotatable bonds is 3. The van der Waals surface area contributed by atoms with Crippen LogP contribution >= 0.6 is 15.9 Å². The van der Waals surface area contributed by atoms with Crippen molar-refractivity contribution < 1.29 is 19.1 Å². The fourth-order valence-corrected chi connectivity index (χ4v) is 5.34. The van der Waals surface area contributed by atoms with E-state index in [1.54, 1.807) is 19.2 Å². The van der Waals surface area contributed by atoms with Gasteiger partial charge in [0.25, 0.3) is 0 Å². The van der Waals surface area contributed by atoms with Gasteiger partial charge in [-0.1, -0.05) is 28.1 Å². The third-order valence-electron chi connectivity index (χ3n) is 5.19. The van der Waals surface area contributed by atoms with E-state index in [0.29, 0.717) is 11.4 Å². The van der Waals surface area contributed by atoms with Crippen molar-refractivity contribution in [2.24, 2.45) is 23.7 Å². The van der Waals surface area contributed by atoms with E-state index in [4.69, 9.17) is 9.47 Å². The molecule has 1 aromatic carbocycles. The summed E-state index contributed by atoms with van der Waals surface area (Å²) in [4.78, 5) is 24.9. The van der Waals surface area contributed by atoms with Crippen LogP contribution in [0, 0.1) is 23.7 Å². The predicted molar refractivity (Wildman–Crippen MR) is 82.8 cm³/mol. The van der Waals surface area contributed by atoms with Gasteiger partial charge in [-0.15, -0.1) is 0 Å². The first-order chi connectivity index (χ1) is 10.6. The zero-order valence-corrected chi connectivity index (χ0v) is 13.6. The molecule has 2 saturated carbocycles. The molecule has 2 aliphatic carbocycles. The number of ether oxygens (including phenoxy) is 2. The number of halogens is 1. The third kappa shape index (κ3) is 1.82. The highest BCUT2D eigenvalue weighted by Crippen LogP contribution is 2.60. The molecule has 1 aliphatic heterocycles. The molecule has 5 nitrogen and oxygen atoms in total. The number of methoxy groups -OCH3 is 1. The monoisotopic (exact) mass is 365 g/mol. The van der Waals surface area contributed by atoms with E-state index in [-0.39, 0.29) is 46.5 Å². The van der Waals surface area contributed by atoms with E-state index in [9.17, 15) is 9.59 Å². The highest BCUT2D eigenvalue weighted by Gasteiger charge is 2.67. The number of benzene rings is 1. The van der Waals surface area contributed by atoms with Gasteiger partial charge in [-0.3, -0.25) is 9.59 Å². The maximum Gasteiger partial charge on any atom is 0.310 e. The minimum Gasteiger partial charge on any atom is -0.495 e. The number of amides is 1. The lowest BCUT2D eigenvalue weighted by Gasteiger charge is -2.27. The SMILES string of the molecule is COc1ccccc1NC(=O)[C@@H]1[C@H]2C[C@H]3[C@H](OC(=O)[C@@H]31)[C@H]2Br. The molecule has 4 rings (SSSR count). The highest BCUT2D eigenvalue weighted by molar-refractivity contribution is 9.09. The molecular formula is C16H16BrNO4. The summed E-state index contributed by atoms with van der Waals surface area (Å²) >= 11 is 3.62. The predicted octanol–water partition coefficient (Wildman–Crippen LogP) is 2.20. The van der Waals surface area contributed by atoms with Crippen LogP contribution in [0.2, 0.25) is 0 Å². The van der Waals surface area contributed by atoms with Crippen LogP contribution in [0.1, 0.15) is 6.42 Å². The second-order valence-electron chi connectivity index (χ2n) is 6.15. The number of para-hydroxylation sites is 2. The quantitative estimate of drug-likeness (QED) is 0.658. The van der Waals surface area contributed by atoms with Crippen LogP contribution in [0.3, 0.4) is 0 Å². The summed E-state index contributed by atoms with van der Waals surface area (Å²) in [6.45, 7) is 0. The first-order valence-corrected chi connectivity index (χ1v) is 8.32. The summed E-state index contributed by atoms with van der Waals surface area (Å²) in [5, 5.41) is 2.92. The van der Waals surface area contributed by atoms with Crippen LogP contribution in [0.5, 0.6) is 5.75 Å². The fourth-order valence-electron chi connectivity index (χ4n) is 4.29. The molecule has 22 heavy (non-hydrogen) atoms. The number of anilines is 1. The van der Waals surface area contributed by atoms with Crippen molar-refractivity contribution in [3.63, 3.8) is 0 Å². The maximum absolute atomic E-state index is 12.8. The number of nitrogens with one attached hydrogen (secondary N) is 1. The molecule has 116 valence electrons. The van der Waals surface area contributed by atoms with E-state index in [0.717, 1.165) is 6.42 Å². The zero-order chi connectivity index (χ0) is 15.4. The van der Waals surface area contributed by atoms with Crippen LogP contribution in [0.4, 0.5) is 5.69 Å². The number of carbonyl (C=O) groups excluding carboxylic acids is 2. The summed E-state index contributed by atoms with van der Waals surface area (Å²) in [5.41, 5.74) is 0.631. The molecule has 1 saturated heterocycles.